The number of hydrogen-bond donors (Lipinski definition) is 0. The third-order valence-corrected chi connectivity index (χ3v) is 3.20. The molecule has 1 atom stereocenters. The quantitative estimate of drug-likeness (QED) is 0.731. The minimum atomic E-state index is -0.484. The highest BCUT2D eigenvalue weighted by Crippen LogP contribution is 2.38. The maximum atomic E-state index is 8.95. The third kappa shape index (κ3) is 3.79. The second-order valence-corrected chi connectivity index (χ2v) is 4.74. The van der Waals surface area contributed by atoms with E-state index >= 15 is 0 Å². The van der Waals surface area contributed by atoms with Crippen LogP contribution in [0.2, 0.25) is 0 Å². The van der Waals surface area contributed by atoms with Crippen LogP contribution in [0.4, 0.5) is 0 Å². The van der Waals surface area contributed by atoms with Crippen LogP contribution >= 0.6 is 27.5 Å². The van der Waals surface area contributed by atoms with Crippen molar-refractivity contribution < 1.29 is 9.47 Å². The van der Waals surface area contributed by atoms with Crippen molar-refractivity contribution >= 4 is 27.5 Å². The summed E-state index contributed by atoms with van der Waals surface area (Å²) in [4.78, 5) is 0. The van der Waals surface area contributed by atoms with E-state index in [0.717, 1.165) is 10.0 Å². The molecule has 0 radical (unpaired) electrons. The second-order valence-electron chi connectivity index (χ2n) is 3.62. The lowest BCUT2D eigenvalue weighted by atomic mass is 10.2. The summed E-state index contributed by atoms with van der Waals surface area (Å²) in [7, 11) is 0. The number of halogens is 2. The van der Waals surface area contributed by atoms with Crippen molar-refractivity contribution in [3.63, 3.8) is 0 Å². The maximum absolute atomic E-state index is 8.95. The van der Waals surface area contributed by atoms with E-state index in [1.165, 1.54) is 0 Å². The van der Waals surface area contributed by atoms with Gasteiger partial charge in [0.15, 0.2) is 17.6 Å². The van der Waals surface area contributed by atoms with E-state index in [0.29, 0.717) is 30.4 Å². The number of benzene rings is 1. The van der Waals surface area contributed by atoms with Crippen molar-refractivity contribution in [2.75, 3.05) is 6.61 Å². The van der Waals surface area contributed by atoms with E-state index in [1.54, 1.807) is 0 Å². The number of nitrogens with zero attached hydrogens (tertiary/aromatic N) is 1. The minimum Gasteiger partial charge on any atom is -0.490 e. The number of alkyl halides is 1. The van der Waals surface area contributed by atoms with Gasteiger partial charge >= 0.3 is 0 Å². The molecule has 0 fully saturated rings. The summed E-state index contributed by atoms with van der Waals surface area (Å²) in [6.07, 6.45) is 0.133. The summed E-state index contributed by atoms with van der Waals surface area (Å²) in [5.41, 5.74) is 0.935. The van der Waals surface area contributed by atoms with Crippen molar-refractivity contribution in [1.29, 1.82) is 5.26 Å². The molecule has 0 saturated carbocycles. The van der Waals surface area contributed by atoms with Gasteiger partial charge in [-0.2, -0.15) is 5.26 Å². The zero-order chi connectivity index (χ0) is 13.5. The molecule has 0 aliphatic carbocycles. The smallest absolute Gasteiger partial charge is 0.184 e. The number of ether oxygens (including phenoxy) is 2. The average Bonchev–Trinajstić information content (AvgIpc) is 2.38. The Morgan fingerprint density at radius 3 is 2.67 bits per heavy atom. The fourth-order valence-electron chi connectivity index (χ4n) is 1.42. The summed E-state index contributed by atoms with van der Waals surface area (Å²) in [6.45, 7) is 4.32. The molecule has 1 unspecified atom stereocenters. The van der Waals surface area contributed by atoms with Gasteiger partial charge in [-0.3, -0.25) is 0 Å². The van der Waals surface area contributed by atoms with Crippen molar-refractivity contribution in [1.82, 2.24) is 0 Å². The molecule has 0 aliphatic rings. The van der Waals surface area contributed by atoms with Crippen LogP contribution in [0.1, 0.15) is 25.8 Å². The third-order valence-electron chi connectivity index (χ3n) is 2.30. The molecule has 1 aromatic carbocycles. The predicted molar refractivity (Wildman–Crippen MR) is 75.2 cm³/mol. The van der Waals surface area contributed by atoms with Crippen LogP contribution in [0.3, 0.4) is 0 Å². The van der Waals surface area contributed by atoms with Crippen molar-refractivity contribution in [2.45, 2.75) is 32.3 Å². The van der Waals surface area contributed by atoms with Crippen LogP contribution in [-0.4, -0.2) is 12.7 Å². The molecule has 0 aromatic heterocycles. The molecule has 98 valence electrons. The van der Waals surface area contributed by atoms with Gasteiger partial charge in [0.25, 0.3) is 0 Å². The van der Waals surface area contributed by atoms with Gasteiger partial charge in [0.2, 0.25) is 0 Å². The Bertz CT molecular complexity index is 445. The molecule has 0 N–H and O–H groups in total. The first kappa shape index (κ1) is 15.1. The van der Waals surface area contributed by atoms with Gasteiger partial charge < -0.3 is 9.47 Å². The van der Waals surface area contributed by atoms with E-state index < -0.39 is 6.10 Å². The summed E-state index contributed by atoms with van der Waals surface area (Å²) in [5.74, 6) is 1.56. The first-order chi connectivity index (χ1) is 8.65. The topological polar surface area (TPSA) is 42.2 Å². The van der Waals surface area contributed by atoms with Crippen LogP contribution < -0.4 is 9.47 Å². The number of nitriles is 1. The SMILES string of the molecule is CCOc1cc(CCl)cc(Br)c1OC(C#N)CC. The number of rotatable bonds is 6. The Morgan fingerprint density at radius 1 is 1.44 bits per heavy atom. The standard InChI is InChI=1S/C13H15BrClNO2/c1-3-10(8-16)18-13-11(14)5-9(7-15)6-12(13)17-4-2/h5-6,10H,3-4,7H2,1-2H3. The Hall–Kier alpha value is -0.920. The molecule has 0 heterocycles. The Labute approximate surface area is 121 Å². The zero-order valence-electron chi connectivity index (χ0n) is 10.4. The molecule has 1 aromatic rings. The highest BCUT2D eigenvalue weighted by Gasteiger charge is 2.16. The van der Waals surface area contributed by atoms with Crippen LogP contribution in [-0.2, 0) is 5.88 Å². The lowest BCUT2D eigenvalue weighted by Crippen LogP contribution is -2.13. The van der Waals surface area contributed by atoms with E-state index in [4.69, 9.17) is 26.3 Å². The molecule has 0 bridgehead atoms. The molecule has 0 aliphatic heterocycles. The molecule has 0 saturated heterocycles. The summed E-state index contributed by atoms with van der Waals surface area (Å²) < 4.78 is 11.9. The lowest BCUT2D eigenvalue weighted by molar-refractivity contribution is 0.230. The molecule has 18 heavy (non-hydrogen) atoms. The lowest BCUT2D eigenvalue weighted by Gasteiger charge is -2.17. The van der Waals surface area contributed by atoms with Gasteiger partial charge in [0, 0.05) is 5.88 Å². The first-order valence-corrected chi connectivity index (χ1v) is 7.06. The minimum absolute atomic E-state index is 0.397. The van der Waals surface area contributed by atoms with E-state index in [2.05, 4.69) is 22.0 Å². The monoisotopic (exact) mass is 331 g/mol. The fourth-order valence-corrected chi connectivity index (χ4v) is 2.16. The predicted octanol–water partition coefficient (Wildman–Crippen LogP) is 4.27. The molecule has 3 nitrogen and oxygen atoms in total. The molecule has 5 heteroatoms. The van der Waals surface area contributed by atoms with E-state index in [-0.39, 0.29) is 0 Å². The van der Waals surface area contributed by atoms with Gasteiger partial charge in [-0.1, -0.05) is 6.92 Å². The van der Waals surface area contributed by atoms with Crippen LogP contribution in [0.25, 0.3) is 0 Å². The Balaban J connectivity index is 3.11. The molecule has 0 spiro atoms. The maximum Gasteiger partial charge on any atom is 0.184 e. The van der Waals surface area contributed by atoms with Crippen LogP contribution in [0.15, 0.2) is 16.6 Å². The van der Waals surface area contributed by atoms with Crippen molar-refractivity contribution in [2.24, 2.45) is 0 Å². The van der Waals surface area contributed by atoms with Crippen LogP contribution in [0, 0.1) is 11.3 Å². The Kier molecular flexibility index (Phi) is 6.31. The van der Waals surface area contributed by atoms with Gasteiger partial charge in [-0.25, -0.2) is 0 Å². The van der Waals surface area contributed by atoms with Crippen LogP contribution in [0.5, 0.6) is 11.5 Å². The average molecular weight is 333 g/mol. The molecular weight excluding hydrogens is 318 g/mol. The number of hydrogen-bond acceptors (Lipinski definition) is 3. The van der Waals surface area contributed by atoms with Gasteiger partial charge in [-0.05, 0) is 47.0 Å². The summed E-state index contributed by atoms with van der Waals surface area (Å²) in [6, 6.07) is 5.80. The largest absolute Gasteiger partial charge is 0.490 e. The molecular formula is C13H15BrClNO2. The fraction of sp³-hybridized carbons (Fsp3) is 0.462. The van der Waals surface area contributed by atoms with E-state index in [9.17, 15) is 0 Å². The van der Waals surface area contributed by atoms with Crippen molar-refractivity contribution in [3.8, 4) is 17.6 Å². The summed E-state index contributed by atoms with van der Waals surface area (Å²) >= 11 is 9.24. The Morgan fingerprint density at radius 2 is 2.17 bits per heavy atom. The normalized spacial score (nSPS) is 11.7. The zero-order valence-corrected chi connectivity index (χ0v) is 12.7. The molecule has 1 rings (SSSR count). The van der Waals surface area contributed by atoms with E-state index in [1.807, 2.05) is 26.0 Å². The second kappa shape index (κ2) is 7.50. The van der Waals surface area contributed by atoms with Crippen molar-refractivity contribution in [3.05, 3.63) is 22.2 Å². The highest BCUT2D eigenvalue weighted by molar-refractivity contribution is 9.10. The first-order valence-electron chi connectivity index (χ1n) is 5.73. The van der Waals surface area contributed by atoms with Gasteiger partial charge in [0.1, 0.15) is 6.07 Å². The highest BCUT2D eigenvalue weighted by atomic mass is 79.9. The van der Waals surface area contributed by atoms with Gasteiger partial charge in [-0.15, -0.1) is 11.6 Å². The molecule has 0 amide bonds. The summed E-state index contributed by atoms with van der Waals surface area (Å²) in [5, 5.41) is 8.95. The van der Waals surface area contributed by atoms with Gasteiger partial charge in [0.05, 0.1) is 11.1 Å².